The van der Waals surface area contributed by atoms with Gasteiger partial charge in [-0.15, -0.1) is 5.10 Å². The Morgan fingerprint density at radius 2 is 1.76 bits per heavy atom. The zero-order valence-electron chi connectivity index (χ0n) is 14.2. The maximum Gasteiger partial charge on any atom is 0.417 e. The number of nitrogens with two attached hydrogens (primary N) is 1. The van der Waals surface area contributed by atoms with E-state index in [9.17, 15) is 13.2 Å². The van der Waals surface area contributed by atoms with Gasteiger partial charge in [-0.1, -0.05) is 35.3 Å². The number of anilines is 1. The van der Waals surface area contributed by atoms with Gasteiger partial charge in [-0.05, 0) is 35.5 Å². The van der Waals surface area contributed by atoms with Crippen molar-refractivity contribution in [2.24, 2.45) is 0 Å². The summed E-state index contributed by atoms with van der Waals surface area (Å²) in [5.41, 5.74) is 6.68. The minimum atomic E-state index is -4.53. The molecule has 29 heavy (non-hydrogen) atoms. The zero-order valence-corrected chi connectivity index (χ0v) is 16.5. The molecule has 6 nitrogen and oxygen atoms in total. The normalized spacial score (nSPS) is 11.9. The second kappa shape index (κ2) is 7.36. The summed E-state index contributed by atoms with van der Waals surface area (Å²) in [6.07, 6.45) is -2.27. The highest BCUT2D eigenvalue weighted by Crippen LogP contribution is 2.36. The third kappa shape index (κ3) is 3.96. The van der Waals surface area contributed by atoms with Crippen LogP contribution in [-0.2, 0) is 6.18 Å². The van der Waals surface area contributed by atoms with E-state index in [1.165, 1.54) is 4.52 Å². The number of alkyl halides is 3. The first-order valence-corrected chi connectivity index (χ1v) is 9.47. The molecule has 0 fully saturated rings. The van der Waals surface area contributed by atoms with Crippen molar-refractivity contribution in [3.8, 4) is 11.1 Å². The predicted octanol–water partition coefficient (Wildman–Crippen LogP) is 5.25. The van der Waals surface area contributed by atoms with Crippen molar-refractivity contribution in [1.29, 1.82) is 0 Å². The Morgan fingerprint density at radius 3 is 2.41 bits per heavy atom. The maximum absolute atomic E-state index is 12.7. The van der Waals surface area contributed by atoms with Crippen LogP contribution in [-0.4, -0.2) is 24.6 Å². The van der Waals surface area contributed by atoms with Crippen LogP contribution in [0.5, 0.6) is 0 Å². The van der Waals surface area contributed by atoms with Gasteiger partial charge >= 0.3 is 6.18 Å². The first-order valence-electron chi connectivity index (χ1n) is 7.90. The van der Waals surface area contributed by atoms with Crippen molar-refractivity contribution in [3.05, 3.63) is 58.3 Å². The smallest absolute Gasteiger partial charge is 0.383 e. The van der Waals surface area contributed by atoms with Crippen LogP contribution in [0.1, 0.15) is 5.56 Å². The Kier molecular flexibility index (Phi) is 5.01. The van der Waals surface area contributed by atoms with Crippen LogP contribution >= 0.6 is 35.0 Å². The summed E-state index contributed by atoms with van der Waals surface area (Å²) in [4.78, 5) is 12.2. The van der Waals surface area contributed by atoms with Gasteiger partial charge in [0.25, 0.3) is 5.78 Å². The summed E-state index contributed by atoms with van der Waals surface area (Å²) in [5.74, 6) is 0.522. The highest BCUT2D eigenvalue weighted by atomic mass is 35.5. The molecule has 0 saturated carbocycles. The third-order valence-electron chi connectivity index (χ3n) is 3.86. The van der Waals surface area contributed by atoms with Crippen LogP contribution < -0.4 is 5.73 Å². The maximum atomic E-state index is 12.7. The second-order valence-corrected chi connectivity index (χ2v) is 7.58. The summed E-state index contributed by atoms with van der Waals surface area (Å²) >= 11 is 12.7. The summed E-state index contributed by atoms with van der Waals surface area (Å²) in [6, 6.07) is 7.83. The molecule has 0 radical (unpaired) electrons. The molecule has 12 heteroatoms. The Labute approximate surface area is 175 Å². The number of rotatable bonds is 3. The number of nitrogens with zero attached hydrogens (tertiary/aromatic N) is 5. The average molecular weight is 457 g/mol. The van der Waals surface area contributed by atoms with E-state index >= 15 is 0 Å². The van der Waals surface area contributed by atoms with Gasteiger partial charge in [-0.3, -0.25) is 0 Å². The highest BCUT2D eigenvalue weighted by molar-refractivity contribution is 7.99. The summed E-state index contributed by atoms with van der Waals surface area (Å²) in [6.45, 7) is 0. The van der Waals surface area contributed by atoms with Crippen LogP contribution in [0.25, 0.3) is 16.9 Å². The first-order chi connectivity index (χ1) is 13.7. The molecule has 0 aliphatic heterocycles. The molecular weight excluding hydrogens is 448 g/mol. The molecule has 3 aromatic heterocycles. The lowest BCUT2D eigenvalue weighted by Crippen LogP contribution is -2.05. The molecule has 0 unspecified atom stereocenters. The molecule has 0 atom stereocenters. The average Bonchev–Trinajstić information content (AvgIpc) is 3.07. The van der Waals surface area contributed by atoms with E-state index in [0.717, 1.165) is 23.4 Å². The highest BCUT2D eigenvalue weighted by Gasteiger charge is 2.31. The van der Waals surface area contributed by atoms with E-state index in [0.29, 0.717) is 22.6 Å². The number of benzene rings is 1. The summed E-state index contributed by atoms with van der Waals surface area (Å²) in [5, 5.41) is 5.00. The summed E-state index contributed by atoms with van der Waals surface area (Å²) < 4.78 is 39.6. The van der Waals surface area contributed by atoms with Crippen LogP contribution in [0, 0.1) is 0 Å². The minimum absolute atomic E-state index is 0.132. The third-order valence-corrected chi connectivity index (χ3v) is 5.39. The number of aromatic nitrogens is 5. The summed E-state index contributed by atoms with van der Waals surface area (Å²) in [7, 11) is 0. The van der Waals surface area contributed by atoms with Crippen molar-refractivity contribution in [1.82, 2.24) is 24.6 Å². The fourth-order valence-corrected chi connectivity index (χ4v) is 3.56. The molecule has 4 aromatic rings. The lowest BCUT2D eigenvalue weighted by molar-refractivity contribution is -0.137. The second-order valence-electron chi connectivity index (χ2n) is 5.78. The van der Waals surface area contributed by atoms with E-state index in [1.807, 2.05) is 0 Å². The van der Waals surface area contributed by atoms with Crippen LogP contribution in [0.3, 0.4) is 0 Å². The Bertz CT molecular complexity index is 1210. The van der Waals surface area contributed by atoms with Gasteiger partial charge < -0.3 is 5.73 Å². The van der Waals surface area contributed by atoms with Gasteiger partial charge in [0.2, 0.25) is 5.16 Å². The van der Waals surface area contributed by atoms with Crippen molar-refractivity contribution in [2.75, 3.05) is 5.73 Å². The molecule has 0 aliphatic carbocycles. The van der Waals surface area contributed by atoms with Crippen molar-refractivity contribution < 1.29 is 13.2 Å². The van der Waals surface area contributed by atoms with Gasteiger partial charge in [0.1, 0.15) is 10.8 Å². The van der Waals surface area contributed by atoms with Crippen LogP contribution in [0.4, 0.5) is 19.0 Å². The molecule has 2 N–H and O–H groups in total. The van der Waals surface area contributed by atoms with Gasteiger partial charge in [-0.25, -0.2) is 9.97 Å². The molecule has 1 aromatic carbocycles. The van der Waals surface area contributed by atoms with Gasteiger partial charge in [0.05, 0.1) is 10.6 Å². The van der Waals surface area contributed by atoms with Crippen molar-refractivity contribution in [3.63, 3.8) is 0 Å². The molecular formula is C17H9Cl2F3N6S. The number of fused-ring (bicyclic) bond motifs is 1. The largest absolute Gasteiger partial charge is 0.417 e. The molecule has 148 valence electrons. The minimum Gasteiger partial charge on any atom is -0.383 e. The van der Waals surface area contributed by atoms with E-state index < -0.39 is 11.7 Å². The number of nitrogen functional groups attached to an aromatic ring is 1. The van der Waals surface area contributed by atoms with E-state index in [4.69, 9.17) is 28.9 Å². The first kappa shape index (κ1) is 19.7. The number of hydrogen-bond acceptors (Lipinski definition) is 6. The van der Waals surface area contributed by atoms with Crippen molar-refractivity contribution >= 4 is 46.6 Å². The Morgan fingerprint density at radius 1 is 1.03 bits per heavy atom. The Balaban J connectivity index is 1.68. The van der Waals surface area contributed by atoms with Crippen LogP contribution in [0.2, 0.25) is 10.0 Å². The van der Waals surface area contributed by atoms with Gasteiger partial charge in [-0.2, -0.15) is 22.7 Å². The van der Waals surface area contributed by atoms with Crippen LogP contribution in [0.15, 0.2) is 52.9 Å². The van der Waals surface area contributed by atoms with E-state index in [1.54, 1.807) is 30.5 Å². The number of hydrogen-bond donors (Lipinski definition) is 1. The SMILES string of the molecule is Nc1c(-c2ccc(Cl)cc2)cnc2nc(Sc3ncc(C(F)(F)F)cc3Cl)nn12. The number of pyridine rings is 1. The molecule has 0 amide bonds. The standard InChI is InChI=1S/C17H9Cl2F3N6S/c18-10-3-1-8(2-4-10)11-7-25-15-26-16(27-28(15)13(11)23)29-14-12(19)5-9(6-24-14)17(20,21)22/h1-7H,23H2. The zero-order chi connectivity index (χ0) is 20.8. The molecule has 0 bridgehead atoms. The monoisotopic (exact) mass is 456 g/mol. The molecule has 3 heterocycles. The lowest BCUT2D eigenvalue weighted by Gasteiger charge is -2.07. The fourth-order valence-electron chi connectivity index (χ4n) is 2.47. The lowest BCUT2D eigenvalue weighted by atomic mass is 10.1. The predicted molar refractivity (Wildman–Crippen MR) is 104 cm³/mol. The quantitative estimate of drug-likeness (QED) is 0.453. The van der Waals surface area contributed by atoms with Gasteiger partial charge in [0, 0.05) is 23.0 Å². The molecule has 0 saturated heterocycles. The Hall–Kier alpha value is -2.56. The molecule has 4 rings (SSSR count). The molecule has 0 spiro atoms. The van der Waals surface area contributed by atoms with E-state index in [-0.39, 0.29) is 21.0 Å². The van der Waals surface area contributed by atoms with Gasteiger partial charge in [0.15, 0.2) is 0 Å². The van der Waals surface area contributed by atoms with Crippen molar-refractivity contribution in [2.45, 2.75) is 16.4 Å². The fraction of sp³-hybridized carbons (Fsp3) is 0.0588. The number of halogens is 5. The molecule has 0 aliphatic rings. The topological polar surface area (TPSA) is 82.0 Å². The van der Waals surface area contributed by atoms with E-state index in [2.05, 4.69) is 20.1 Å².